The maximum atomic E-state index is 12.3. The van der Waals surface area contributed by atoms with Gasteiger partial charge in [0, 0.05) is 19.2 Å². The summed E-state index contributed by atoms with van der Waals surface area (Å²) >= 11 is 0. The van der Waals surface area contributed by atoms with Crippen LogP contribution in [0.25, 0.3) is 0 Å². The molecule has 1 fully saturated rings. The van der Waals surface area contributed by atoms with Gasteiger partial charge in [-0.1, -0.05) is 38.2 Å². The summed E-state index contributed by atoms with van der Waals surface area (Å²) in [7, 11) is 1.79. The van der Waals surface area contributed by atoms with Gasteiger partial charge in [0.1, 0.15) is 0 Å². The second kappa shape index (κ2) is 7.25. The summed E-state index contributed by atoms with van der Waals surface area (Å²) in [5, 5.41) is 8.98. The van der Waals surface area contributed by atoms with Crippen molar-refractivity contribution < 1.29 is 14.7 Å². The molecule has 4 heteroatoms. The van der Waals surface area contributed by atoms with Gasteiger partial charge in [-0.25, -0.2) is 4.79 Å². The van der Waals surface area contributed by atoms with Crippen molar-refractivity contribution in [1.82, 2.24) is 4.90 Å². The summed E-state index contributed by atoms with van der Waals surface area (Å²) < 4.78 is 0. The van der Waals surface area contributed by atoms with Crippen LogP contribution in [0.3, 0.4) is 0 Å². The van der Waals surface area contributed by atoms with Crippen LogP contribution in [0.5, 0.6) is 0 Å². The number of amides is 1. The van der Waals surface area contributed by atoms with Crippen molar-refractivity contribution in [2.24, 2.45) is 5.92 Å². The number of benzene rings is 1. The molecule has 0 unspecified atom stereocenters. The molecule has 114 valence electrons. The average molecular weight is 289 g/mol. The summed E-state index contributed by atoms with van der Waals surface area (Å²) in [6.07, 6.45) is 7.55. The van der Waals surface area contributed by atoms with Crippen LogP contribution in [0.15, 0.2) is 24.3 Å². The molecule has 1 amide bonds. The maximum Gasteiger partial charge on any atom is 0.335 e. The first-order chi connectivity index (χ1) is 10.1. The molecular formula is C17H23NO3. The molecule has 1 aliphatic rings. The molecule has 2 rings (SSSR count). The van der Waals surface area contributed by atoms with Gasteiger partial charge in [0.05, 0.1) is 5.56 Å². The van der Waals surface area contributed by atoms with E-state index in [-0.39, 0.29) is 11.5 Å². The van der Waals surface area contributed by atoms with Gasteiger partial charge in [0.2, 0.25) is 0 Å². The molecule has 1 saturated carbocycles. The van der Waals surface area contributed by atoms with E-state index in [1.165, 1.54) is 44.2 Å². The standard InChI is InChI=1S/C17H23NO3/c1-18(11-10-13-6-3-2-4-7-13)16(19)14-8-5-9-15(12-14)17(20)21/h5,8-9,12-13H,2-4,6-7,10-11H2,1H3,(H,20,21). The number of carbonyl (C=O) groups excluding carboxylic acids is 1. The predicted octanol–water partition coefficient (Wildman–Crippen LogP) is 3.43. The quantitative estimate of drug-likeness (QED) is 0.903. The lowest BCUT2D eigenvalue weighted by Crippen LogP contribution is -2.29. The van der Waals surface area contributed by atoms with Gasteiger partial charge in [-0.3, -0.25) is 4.79 Å². The number of hydrogen-bond donors (Lipinski definition) is 1. The number of rotatable bonds is 5. The van der Waals surface area contributed by atoms with Crippen molar-refractivity contribution in [2.45, 2.75) is 38.5 Å². The summed E-state index contributed by atoms with van der Waals surface area (Å²) in [6.45, 7) is 0.737. The van der Waals surface area contributed by atoms with Crippen LogP contribution in [0.4, 0.5) is 0 Å². The van der Waals surface area contributed by atoms with E-state index in [4.69, 9.17) is 5.11 Å². The van der Waals surface area contributed by atoms with Crippen molar-refractivity contribution in [2.75, 3.05) is 13.6 Å². The summed E-state index contributed by atoms with van der Waals surface area (Å²) in [5.41, 5.74) is 0.600. The molecule has 0 bridgehead atoms. The van der Waals surface area contributed by atoms with E-state index in [1.807, 2.05) is 0 Å². The van der Waals surface area contributed by atoms with Crippen LogP contribution in [-0.2, 0) is 0 Å². The van der Waals surface area contributed by atoms with E-state index >= 15 is 0 Å². The molecule has 4 nitrogen and oxygen atoms in total. The summed E-state index contributed by atoms with van der Waals surface area (Å²) in [5.74, 6) is -0.372. The first kappa shape index (κ1) is 15.5. The minimum atomic E-state index is -1.01. The van der Waals surface area contributed by atoms with Gasteiger partial charge in [-0.15, -0.1) is 0 Å². The number of hydrogen-bond acceptors (Lipinski definition) is 2. The Morgan fingerprint density at radius 1 is 1.19 bits per heavy atom. The second-order valence-electron chi connectivity index (χ2n) is 5.91. The van der Waals surface area contributed by atoms with E-state index in [1.54, 1.807) is 24.1 Å². The molecule has 0 spiro atoms. The second-order valence-corrected chi connectivity index (χ2v) is 5.91. The lowest BCUT2D eigenvalue weighted by molar-refractivity contribution is 0.0697. The minimum absolute atomic E-state index is 0.103. The Morgan fingerprint density at radius 3 is 2.52 bits per heavy atom. The Labute approximate surface area is 125 Å². The summed E-state index contributed by atoms with van der Waals surface area (Å²) in [4.78, 5) is 25.0. The third kappa shape index (κ3) is 4.31. The van der Waals surface area contributed by atoms with E-state index in [2.05, 4.69) is 0 Å². The van der Waals surface area contributed by atoms with Crippen LogP contribution < -0.4 is 0 Å². The van der Waals surface area contributed by atoms with Gasteiger partial charge < -0.3 is 10.0 Å². The van der Waals surface area contributed by atoms with Crippen molar-refractivity contribution in [3.05, 3.63) is 35.4 Å². The first-order valence-corrected chi connectivity index (χ1v) is 7.67. The molecule has 1 aromatic rings. The number of nitrogens with zero attached hydrogens (tertiary/aromatic N) is 1. The Hall–Kier alpha value is -1.84. The van der Waals surface area contributed by atoms with Crippen molar-refractivity contribution in [3.63, 3.8) is 0 Å². The van der Waals surface area contributed by atoms with Gasteiger partial charge in [0.15, 0.2) is 0 Å². The van der Waals surface area contributed by atoms with Crippen LogP contribution in [0, 0.1) is 5.92 Å². The van der Waals surface area contributed by atoms with E-state index in [0.717, 1.165) is 18.9 Å². The van der Waals surface area contributed by atoms with Gasteiger partial charge in [0.25, 0.3) is 5.91 Å². The highest BCUT2D eigenvalue weighted by molar-refractivity contribution is 5.97. The zero-order valence-electron chi connectivity index (χ0n) is 12.5. The topological polar surface area (TPSA) is 57.6 Å². The molecule has 0 aromatic heterocycles. The SMILES string of the molecule is CN(CCC1CCCCC1)C(=O)c1cccc(C(=O)O)c1. The lowest BCUT2D eigenvalue weighted by Gasteiger charge is -2.24. The Balaban J connectivity index is 1.92. The first-order valence-electron chi connectivity index (χ1n) is 7.67. The van der Waals surface area contributed by atoms with Gasteiger partial charge >= 0.3 is 5.97 Å². The molecule has 0 aliphatic heterocycles. The van der Waals surface area contributed by atoms with Gasteiger partial charge in [-0.2, -0.15) is 0 Å². The molecule has 0 radical (unpaired) electrons. The van der Waals surface area contributed by atoms with Crippen LogP contribution in [0.2, 0.25) is 0 Å². The third-order valence-electron chi connectivity index (χ3n) is 4.30. The molecule has 0 atom stereocenters. The Kier molecular flexibility index (Phi) is 5.37. The highest BCUT2D eigenvalue weighted by atomic mass is 16.4. The number of carbonyl (C=O) groups is 2. The lowest BCUT2D eigenvalue weighted by atomic mass is 9.87. The largest absolute Gasteiger partial charge is 0.478 e. The number of aromatic carboxylic acids is 1. The normalized spacial score (nSPS) is 15.7. The van der Waals surface area contributed by atoms with E-state index < -0.39 is 5.97 Å². The van der Waals surface area contributed by atoms with Crippen molar-refractivity contribution in [1.29, 1.82) is 0 Å². The summed E-state index contributed by atoms with van der Waals surface area (Å²) in [6, 6.07) is 6.24. The van der Waals surface area contributed by atoms with E-state index in [0.29, 0.717) is 5.56 Å². The van der Waals surface area contributed by atoms with Crippen molar-refractivity contribution >= 4 is 11.9 Å². The molecule has 1 aromatic carbocycles. The molecule has 0 heterocycles. The average Bonchev–Trinajstić information content (AvgIpc) is 2.53. The zero-order chi connectivity index (χ0) is 15.2. The molecule has 1 N–H and O–H groups in total. The van der Waals surface area contributed by atoms with Crippen LogP contribution in [-0.4, -0.2) is 35.5 Å². The molecular weight excluding hydrogens is 266 g/mol. The van der Waals surface area contributed by atoms with Crippen molar-refractivity contribution in [3.8, 4) is 0 Å². The fraction of sp³-hybridized carbons (Fsp3) is 0.529. The third-order valence-corrected chi connectivity index (χ3v) is 4.30. The highest BCUT2D eigenvalue weighted by Crippen LogP contribution is 2.26. The van der Waals surface area contributed by atoms with Crippen LogP contribution >= 0.6 is 0 Å². The Morgan fingerprint density at radius 2 is 1.86 bits per heavy atom. The molecule has 21 heavy (non-hydrogen) atoms. The fourth-order valence-corrected chi connectivity index (χ4v) is 2.96. The fourth-order valence-electron chi connectivity index (χ4n) is 2.96. The maximum absolute atomic E-state index is 12.3. The smallest absolute Gasteiger partial charge is 0.335 e. The highest BCUT2D eigenvalue weighted by Gasteiger charge is 2.17. The Bertz CT molecular complexity index is 507. The zero-order valence-corrected chi connectivity index (χ0v) is 12.5. The molecule has 1 aliphatic carbocycles. The monoisotopic (exact) mass is 289 g/mol. The minimum Gasteiger partial charge on any atom is -0.478 e. The van der Waals surface area contributed by atoms with Gasteiger partial charge in [-0.05, 0) is 30.5 Å². The molecule has 0 saturated heterocycles. The van der Waals surface area contributed by atoms with Crippen LogP contribution in [0.1, 0.15) is 59.2 Å². The predicted molar refractivity (Wildman–Crippen MR) is 81.6 cm³/mol. The number of carboxylic acids is 1. The van der Waals surface area contributed by atoms with E-state index in [9.17, 15) is 9.59 Å². The number of carboxylic acid groups (broad SMARTS) is 1.